The van der Waals surface area contributed by atoms with Crippen molar-refractivity contribution in [2.75, 3.05) is 39.8 Å². The molecule has 0 bridgehead atoms. The van der Waals surface area contributed by atoms with Crippen molar-refractivity contribution in [1.29, 1.82) is 0 Å². The molecule has 2 aromatic carbocycles. The van der Waals surface area contributed by atoms with Crippen molar-refractivity contribution in [1.82, 2.24) is 9.47 Å². The number of methoxy groups -OCH3 is 1. The first-order valence-corrected chi connectivity index (χ1v) is 11.4. The van der Waals surface area contributed by atoms with Gasteiger partial charge in [0.25, 0.3) is 0 Å². The maximum absolute atomic E-state index is 13.2. The molecule has 33 heavy (non-hydrogen) atoms. The number of benzene rings is 2. The number of carbonyl (C=O) groups is 1. The molecular weight excluding hydrogens is 418 g/mol. The fourth-order valence-corrected chi connectivity index (χ4v) is 4.85. The number of aromatic nitrogens is 1. The number of rotatable bonds is 5. The van der Waals surface area contributed by atoms with Crippen molar-refractivity contribution >= 4 is 22.8 Å². The molecule has 5 rings (SSSR count). The zero-order valence-corrected chi connectivity index (χ0v) is 19.3. The second kappa shape index (κ2) is 8.57. The summed E-state index contributed by atoms with van der Waals surface area (Å²) in [7, 11) is 3.60. The van der Waals surface area contributed by atoms with Crippen molar-refractivity contribution in [2.24, 2.45) is 7.05 Å². The number of ketones is 1. The second-order valence-electron chi connectivity index (χ2n) is 8.80. The largest absolute Gasteiger partial charge is 0.872 e. The predicted octanol–water partition coefficient (Wildman–Crippen LogP) is 1.60. The Bertz CT molecular complexity index is 1250. The van der Waals surface area contributed by atoms with Gasteiger partial charge in [-0.1, -0.05) is 18.7 Å². The topological polar surface area (TPSA) is 71.2 Å². The molecule has 172 valence electrons. The Balaban J connectivity index is 1.46. The Morgan fingerprint density at radius 2 is 2.00 bits per heavy atom. The predicted molar refractivity (Wildman–Crippen MR) is 125 cm³/mol. The normalized spacial score (nSPS) is 18.2. The number of nitrogens with one attached hydrogen (secondary N) is 1. The van der Waals surface area contributed by atoms with Gasteiger partial charge in [0.2, 0.25) is 5.78 Å². The van der Waals surface area contributed by atoms with Crippen LogP contribution < -0.4 is 19.5 Å². The third-order valence-electron chi connectivity index (χ3n) is 6.85. The minimum absolute atomic E-state index is 0.0666. The molecule has 2 aliphatic heterocycles. The van der Waals surface area contributed by atoms with Crippen LogP contribution in [-0.2, 0) is 13.6 Å². The number of quaternary nitrogens is 1. The number of Topliss-reactive ketones (excluding diaryl/α,β-unsaturated/α-hetero) is 1. The lowest BCUT2D eigenvalue weighted by Gasteiger charge is -2.32. The van der Waals surface area contributed by atoms with E-state index in [1.807, 2.05) is 36.0 Å². The molecule has 0 saturated carbocycles. The van der Waals surface area contributed by atoms with Gasteiger partial charge in [-0.15, -0.1) is 0 Å². The van der Waals surface area contributed by atoms with Crippen LogP contribution in [0.4, 0.5) is 0 Å². The third-order valence-corrected chi connectivity index (χ3v) is 6.85. The van der Waals surface area contributed by atoms with Crippen LogP contribution in [0, 0.1) is 0 Å². The number of carbonyl (C=O) groups excluding carboxylic acids is 1. The third kappa shape index (κ3) is 3.87. The van der Waals surface area contributed by atoms with Crippen LogP contribution in [0.3, 0.4) is 0 Å². The van der Waals surface area contributed by atoms with Crippen molar-refractivity contribution in [3.63, 3.8) is 0 Å². The molecule has 0 radical (unpaired) electrons. The van der Waals surface area contributed by atoms with Crippen LogP contribution in [0.5, 0.6) is 17.2 Å². The summed E-state index contributed by atoms with van der Waals surface area (Å²) in [4.78, 5) is 16.9. The monoisotopic (exact) mass is 447 g/mol. The van der Waals surface area contributed by atoms with Gasteiger partial charge in [-0.25, -0.2) is 0 Å². The van der Waals surface area contributed by atoms with Crippen molar-refractivity contribution in [3.05, 3.63) is 59.0 Å². The number of likely N-dealkylation sites (N-methyl/N-ethyl adjacent to an activating group) is 1. The van der Waals surface area contributed by atoms with E-state index in [1.165, 1.54) is 11.0 Å². The number of piperazine rings is 1. The fourth-order valence-electron chi connectivity index (χ4n) is 4.85. The highest BCUT2D eigenvalue weighted by molar-refractivity contribution is 6.15. The number of aryl methyl sites for hydroxylation is 1. The number of fused-ring (bicyclic) bond motifs is 2. The van der Waals surface area contributed by atoms with E-state index in [2.05, 4.69) is 11.8 Å². The summed E-state index contributed by atoms with van der Waals surface area (Å²) in [5.41, 5.74) is 2.97. The van der Waals surface area contributed by atoms with E-state index < -0.39 is 0 Å². The fraction of sp³-hybridized carbons (Fsp3) is 0.346. The van der Waals surface area contributed by atoms with E-state index in [4.69, 9.17) is 9.47 Å². The maximum atomic E-state index is 13.2. The highest BCUT2D eigenvalue weighted by Gasteiger charge is 2.32. The molecule has 1 fully saturated rings. The molecule has 7 nitrogen and oxygen atoms in total. The SMILES string of the molecule is CCN1CC[NH+](Cc2c([O-])ccc3c2OC(=Cc2cn(C)c4ccc(OC)cc24)C3=O)CC1. The summed E-state index contributed by atoms with van der Waals surface area (Å²) >= 11 is 0. The number of allylic oxidation sites excluding steroid dienone is 1. The molecule has 7 heteroatoms. The number of ether oxygens (including phenoxy) is 2. The highest BCUT2D eigenvalue weighted by Crippen LogP contribution is 2.39. The van der Waals surface area contributed by atoms with Gasteiger partial charge in [-0.3, -0.25) is 9.69 Å². The molecule has 0 atom stereocenters. The summed E-state index contributed by atoms with van der Waals surface area (Å²) < 4.78 is 13.5. The van der Waals surface area contributed by atoms with Crippen LogP contribution in [0.15, 0.2) is 42.3 Å². The van der Waals surface area contributed by atoms with Gasteiger partial charge < -0.3 is 24.0 Å². The van der Waals surface area contributed by atoms with Crippen molar-refractivity contribution in [3.8, 4) is 17.2 Å². The standard InChI is InChI=1S/C26H29N3O4/c1-4-28-9-11-29(12-10-28)16-21-23(30)8-6-19-25(31)24(33-26(19)21)13-17-15-27(2)22-7-5-18(32-3)14-20(17)22/h5-8,13-15,30H,4,9-12,16H2,1-3H3. The van der Waals surface area contributed by atoms with Crippen LogP contribution >= 0.6 is 0 Å². The molecule has 1 saturated heterocycles. The first kappa shape index (κ1) is 21.6. The zero-order chi connectivity index (χ0) is 23.1. The smallest absolute Gasteiger partial charge is 0.231 e. The molecule has 0 aliphatic carbocycles. The van der Waals surface area contributed by atoms with Crippen molar-refractivity contribution < 1.29 is 24.3 Å². The zero-order valence-electron chi connectivity index (χ0n) is 19.3. The van der Waals surface area contributed by atoms with Crippen LogP contribution in [-0.4, -0.2) is 55.1 Å². The minimum Gasteiger partial charge on any atom is -0.872 e. The van der Waals surface area contributed by atoms with Gasteiger partial charge in [-0.05, 0) is 36.9 Å². The van der Waals surface area contributed by atoms with Gasteiger partial charge in [0.05, 0.1) is 25.8 Å². The molecular formula is C26H29N3O4. The highest BCUT2D eigenvalue weighted by atomic mass is 16.5. The van der Waals surface area contributed by atoms with Gasteiger partial charge in [0.1, 0.15) is 18.0 Å². The molecule has 0 unspecified atom stereocenters. The van der Waals surface area contributed by atoms with Crippen LogP contribution in [0.1, 0.15) is 28.4 Å². The average Bonchev–Trinajstić information content (AvgIpc) is 3.32. The van der Waals surface area contributed by atoms with E-state index in [1.54, 1.807) is 19.3 Å². The molecule has 1 N–H and O–H groups in total. The Morgan fingerprint density at radius 3 is 2.73 bits per heavy atom. The number of hydrogen-bond donors (Lipinski definition) is 1. The Labute approximate surface area is 193 Å². The van der Waals surface area contributed by atoms with E-state index in [0.717, 1.165) is 54.9 Å². The van der Waals surface area contributed by atoms with Gasteiger partial charge in [-0.2, -0.15) is 0 Å². The van der Waals surface area contributed by atoms with Gasteiger partial charge >= 0.3 is 0 Å². The van der Waals surface area contributed by atoms with Crippen LogP contribution in [0.2, 0.25) is 0 Å². The van der Waals surface area contributed by atoms with Crippen LogP contribution in [0.25, 0.3) is 17.0 Å². The summed E-state index contributed by atoms with van der Waals surface area (Å²) in [5.74, 6) is 1.18. The summed E-state index contributed by atoms with van der Waals surface area (Å²) in [6.45, 7) is 7.79. The molecule has 2 aliphatic rings. The molecule has 3 heterocycles. The van der Waals surface area contributed by atoms with E-state index >= 15 is 0 Å². The Hall–Kier alpha value is -3.29. The van der Waals surface area contributed by atoms with Gasteiger partial charge in [0, 0.05) is 48.4 Å². The second-order valence-corrected chi connectivity index (χ2v) is 8.80. The Kier molecular flexibility index (Phi) is 5.60. The number of nitrogens with zero attached hydrogens (tertiary/aromatic N) is 2. The minimum atomic E-state index is -0.183. The summed E-state index contributed by atoms with van der Waals surface area (Å²) in [6.07, 6.45) is 3.74. The molecule has 3 aromatic rings. The van der Waals surface area contributed by atoms with Crippen molar-refractivity contribution in [2.45, 2.75) is 13.5 Å². The van der Waals surface area contributed by atoms with E-state index in [0.29, 0.717) is 23.4 Å². The lowest BCUT2D eigenvalue weighted by molar-refractivity contribution is -0.918. The maximum Gasteiger partial charge on any atom is 0.231 e. The molecule has 0 spiro atoms. The quantitative estimate of drug-likeness (QED) is 0.602. The van der Waals surface area contributed by atoms with E-state index in [-0.39, 0.29) is 17.3 Å². The van der Waals surface area contributed by atoms with Gasteiger partial charge in [0.15, 0.2) is 5.76 Å². The Morgan fingerprint density at radius 1 is 1.21 bits per heavy atom. The van der Waals surface area contributed by atoms with E-state index in [9.17, 15) is 9.90 Å². The summed E-state index contributed by atoms with van der Waals surface area (Å²) in [5, 5.41) is 13.7. The molecule has 0 amide bonds. The average molecular weight is 448 g/mol. The lowest BCUT2D eigenvalue weighted by atomic mass is 10.0. The first-order valence-electron chi connectivity index (χ1n) is 11.4. The summed E-state index contributed by atoms with van der Waals surface area (Å²) in [6, 6.07) is 8.96. The first-order chi connectivity index (χ1) is 16.0. The molecule has 1 aromatic heterocycles. The number of hydrogen-bond acceptors (Lipinski definition) is 5. The lowest BCUT2D eigenvalue weighted by Crippen LogP contribution is -3.13.